The van der Waals surface area contributed by atoms with Crippen molar-refractivity contribution in [3.8, 4) is 0 Å². The molecular weight excluding hydrogens is 1130 g/mol. The Balaban J connectivity index is 1.65. The van der Waals surface area contributed by atoms with Crippen LogP contribution in [-0.4, -0.2) is 140 Å². The fourth-order valence-corrected chi connectivity index (χ4v) is 12.3. The molecule has 0 spiro atoms. The molecular formula is C76H139NO13. The number of ether oxygens (including phenoxy) is 4. The number of carbonyl (C=O) groups is 1. The van der Waals surface area contributed by atoms with Crippen LogP contribution in [0, 0.1) is 0 Å². The SMILES string of the molecule is CC/C=C\C/C=C\C/C=C\C/C=C\CCCCCCCCCCCCCCC(=O)NC(COC1OC(CO)C(OC2OC(CO)C(O)C(O)C2O)C(O)C1O)C(O)/C=C/CCCCCCCCCCCCCCCCCCCCCCCCCCCCCCC. The maximum Gasteiger partial charge on any atom is 0.220 e. The Bertz CT molecular complexity index is 1740. The van der Waals surface area contributed by atoms with Crippen LogP contribution in [0.4, 0.5) is 0 Å². The second-order valence-electron chi connectivity index (χ2n) is 26.4. The van der Waals surface area contributed by atoms with Crippen LogP contribution in [0.1, 0.15) is 322 Å². The van der Waals surface area contributed by atoms with Crippen molar-refractivity contribution in [2.75, 3.05) is 19.8 Å². The topological polar surface area (TPSA) is 228 Å². The molecule has 14 heteroatoms. The normalized spacial score (nSPS) is 23.2. The largest absolute Gasteiger partial charge is 0.394 e. The summed E-state index contributed by atoms with van der Waals surface area (Å²) in [5.74, 6) is -0.239. The smallest absolute Gasteiger partial charge is 0.220 e. The second kappa shape index (κ2) is 60.4. The summed E-state index contributed by atoms with van der Waals surface area (Å²) in [4.78, 5) is 13.4. The van der Waals surface area contributed by atoms with E-state index >= 15 is 0 Å². The van der Waals surface area contributed by atoms with Gasteiger partial charge in [-0.2, -0.15) is 0 Å². The number of hydrogen-bond acceptors (Lipinski definition) is 13. The van der Waals surface area contributed by atoms with Crippen LogP contribution in [0.5, 0.6) is 0 Å². The third-order valence-electron chi connectivity index (χ3n) is 18.2. The lowest BCUT2D eigenvalue weighted by Crippen LogP contribution is -2.65. The van der Waals surface area contributed by atoms with Gasteiger partial charge in [-0.25, -0.2) is 0 Å². The summed E-state index contributed by atoms with van der Waals surface area (Å²) in [5, 5.41) is 87.6. The highest BCUT2D eigenvalue weighted by Gasteiger charge is 2.51. The number of rotatable bonds is 62. The molecule has 0 aromatic carbocycles. The Morgan fingerprint density at radius 3 is 1.18 bits per heavy atom. The van der Waals surface area contributed by atoms with E-state index < -0.39 is 86.8 Å². The van der Waals surface area contributed by atoms with Gasteiger partial charge in [-0.3, -0.25) is 4.79 Å². The summed E-state index contributed by atoms with van der Waals surface area (Å²) in [5.41, 5.74) is 0. The molecule has 0 bridgehead atoms. The zero-order valence-electron chi connectivity index (χ0n) is 57.4. The van der Waals surface area contributed by atoms with Gasteiger partial charge in [0.2, 0.25) is 5.91 Å². The molecule has 0 aromatic heterocycles. The second-order valence-corrected chi connectivity index (χ2v) is 26.4. The number of unbranched alkanes of at least 4 members (excludes halogenated alkanes) is 41. The number of allylic oxidation sites excluding steroid dienone is 9. The first kappa shape index (κ1) is 83.8. The Morgan fingerprint density at radius 1 is 0.411 bits per heavy atom. The molecule has 0 aliphatic carbocycles. The van der Waals surface area contributed by atoms with Crippen molar-refractivity contribution in [1.82, 2.24) is 5.32 Å². The van der Waals surface area contributed by atoms with E-state index in [0.717, 1.165) is 70.6 Å². The highest BCUT2D eigenvalue weighted by Crippen LogP contribution is 2.30. The molecule has 0 aromatic rings. The van der Waals surface area contributed by atoms with Crippen LogP contribution in [0.25, 0.3) is 0 Å². The highest BCUT2D eigenvalue weighted by atomic mass is 16.7. The summed E-state index contributed by atoms with van der Waals surface area (Å²) in [6, 6.07) is -0.920. The maximum atomic E-state index is 13.4. The summed E-state index contributed by atoms with van der Waals surface area (Å²) >= 11 is 0. The Labute approximate surface area is 549 Å². The van der Waals surface area contributed by atoms with Crippen molar-refractivity contribution in [3.63, 3.8) is 0 Å². The van der Waals surface area contributed by atoms with Gasteiger partial charge in [-0.15, -0.1) is 0 Å². The van der Waals surface area contributed by atoms with Gasteiger partial charge in [0.25, 0.3) is 0 Å². The standard InChI is InChI=1S/C76H139NO13/c1-3-5-7-9-11-13-15-17-19-21-23-25-27-29-30-31-32-33-34-36-37-39-41-43-45-47-49-51-53-55-57-59-65(80)64(63-87-75-73(86)71(84)74(67(62-79)89-75)90-76-72(85)70(83)69(82)66(61-78)88-76)77-68(81)60-58-56-54-52-50-48-46-44-42-40-38-35-28-26-24-22-20-18-16-14-12-10-8-6-4-2/h6,8,12,14,18,20,24,26,57,59,64-67,69-76,78-80,82-86H,3-5,7,9-11,13,15-17,19,21-23,25,27-56,58,60-63H2,1-2H3,(H,77,81)/b8-6-,14-12-,20-18-,26-24-,59-57+. The van der Waals surface area contributed by atoms with E-state index in [2.05, 4.69) is 67.8 Å². The quantitative estimate of drug-likeness (QED) is 0.0204. The molecule has 2 rings (SSSR count). The number of carbonyl (C=O) groups excluding carboxylic acids is 1. The zero-order chi connectivity index (χ0) is 65.2. The monoisotopic (exact) mass is 1270 g/mol. The minimum atomic E-state index is -1.79. The number of nitrogens with one attached hydrogen (secondary N) is 1. The molecule has 12 unspecified atom stereocenters. The van der Waals surface area contributed by atoms with Crippen molar-refractivity contribution in [2.45, 2.75) is 396 Å². The van der Waals surface area contributed by atoms with Gasteiger partial charge in [0, 0.05) is 6.42 Å². The molecule has 2 aliphatic rings. The van der Waals surface area contributed by atoms with E-state index in [1.54, 1.807) is 6.08 Å². The van der Waals surface area contributed by atoms with Crippen LogP contribution in [0.15, 0.2) is 60.8 Å². The van der Waals surface area contributed by atoms with Crippen LogP contribution >= 0.6 is 0 Å². The number of aliphatic hydroxyl groups excluding tert-OH is 8. The van der Waals surface area contributed by atoms with Gasteiger partial charge >= 0.3 is 0 Å². The fraction of sp³-hybridized carbons (Fsp3) is 0.855. The first-order chi connectivity index (χ1) is 44.1. The van der Waals surface area contributed by atoms with Crippen LogP contribution in [0.2, 0.25) is 0 Å². The summed E-state index contributed by atoms with van der Waals surface area (Å²) in [6.45, 7) is 2.73. The molecule has 0 saturated carbocycles. The lowest BCUT2D eigenvalue weighted by Gasteiger charge is -2.46. The minimum Gasteiger partial charge on any atom is -0.394 e. The third kappa shape index (κ3) is 43.6. The molecule has 14 nitrogen and oxygen atoms in total. The van der Waals surface area contributed by atoms with Gasteiger partial charge in [0.1, 0.15) is 48.8 Å². The van der Waals surface area contributed by atoms with E-state index in [-0.39, 0.29) is 18.9 Å². The molecule has 2 fully saturated rings. The lowest BCUT2D eigenvalue weighted by molar-refractivity contribution is -0.359. The van der Waals surface area contributed by atoms with Gasteiger partial charge in [0.15, 0.2) is 12.6 Å². The Hall–Kier alpha value is -2.31. The van der Waals surface area contributed by atoms with Gasteiger partial charge in [-0.05, 0) is 57.8 Å². The molecule has 2 heterocycles. The average molecular weight is 1270 g/mol. The molecule has 526 valence electrons. The van der Waals surface area contributed by atoms with Crippen molar-refractivity contribution >= 4 is 5.91 Å². The van der Waals surface area contributed by atoms with Crippen molar-refractivity contribution < 1.29 is 64.6 Å². The molecule has 9 N–H and O–H groups in total. The average Bonchev–Trinajstić information content (AvgIpc) is 1.41. The van der Waals surface area contributed by atoms with Crippen LogP contribution in [0.3, 0.4) is 0 Å². The molecule has 0 radical (unpaired) electrons. The first-order valence-corrected chi connectivity index (χ1v) is 37.5. The van der Waals surface area contributed by atoms with Crippen molar-refractivity contribution in [3.05, 3.63) is 60.8 Å². The lowest BCUT2D eigenvalue weighted by atomic mass is 9.97. The molecule has 2 aliphatic heterocycles. The van der Waals surface area contributed by atoms with E-state index in [1.807, 2.05) is 6.08 Å². The fourth-order valence-electron chi connectivity index (χ4n) is 12.3. The van der Waals surface area contributed by atoms with Gasteiger partial charge in [0.05, 0.1) is 32.0 Å². The predicted molar refractivity (Wildman–Crippen MR) is 369 cm³/mol. The molecule has 1 amide bonds. The van der Waals surface area contributed by atoms with E-state index in [0.29, 0.717) is 6.42 Å². The van der Waals surface area contributed by atoms with E-state index in [9.17, 15) is 45.6 Å². The minimum absolute atomic E-state index is 0.239. The predicted octanol–water partition coefficient (Wildman–Crippen LogP) is 16.0. The molecule has 2 saturated heterocycles. The number of amides is 1. The number of aliphatic hydroxyl groups is 8. The highest BCUT2D eigenvalue weighted by molar-refractivity contribution is 5.76. The van der Waals surface area contributed by atoms with Crippen LogP contribution < -0.4 is 5.32 Å². The van der Waals surface area contributed by atoms with Gasteiger partial charge < -0.3 is 65.1 Å². The Morgan fingerprint density at radius 2 is 0.767 bits per heavy atom. The Kier molecular flexibility index (Phi) is 56.2. The molecule has 12 atom stereocenters. The zero-order valence-corrected chi connectivity index (χ0v) is 57.4. The summed E-state index contributed by atoms with van der Waals surface area (Å²) < 4.78 is 22.9. The van der Waals surface area contributed by atoms with Crippen molar-refractivity contribution in [2.24, 2.45) is 0 Å². The molecule has 90 heavy (non-hydrogen) atoms. The summed E-state index contributed by atoms with van der Waals surface area (Å²) in [6.07, 6.45) is 64.3. The van der Waals surface area contributed by atoms with E-state index in [1.165, 1.54) is 225 Å². The van der Waals surface area contributed by atoms with Gasteiger partial charge in [-0.1, -0.05) is 319 Å². The number of hydrogen-bond donors (Lipinski definition) is 9. The first-order valence-electron chi connectivity index (χ1n) is 37.5. The van der Waals surface area contributed by atoms with Crippen LogP contribution in [-0.2, 0) is 23.7 Å². The maximum absolute atomic E-state index is 13.4. The van der Waals surface area contributed by atoms with E-state index in [4.69, 9.17) is 18.9 Å². The summed E-state index contributed by atoms with van der Waals surface area (Å²) in [7, 11) is 0. The third-order valence-corrected chi connectivity index (χ3v) is 18.2. The van der Waals surface area contributed by atoms with Crippen molar-refractivity contribution in [1.29, 1.82) is 0 Å².